The Bertz CT molecular complexity index is 401. The molecule has 0 aromatic rings. The lowest BCUT2D eigenvalue weighted by Gasteiger charge is -2.34. The molecule has 1 saturated heterocycles. The van der Waals surface area contributed by atoms with E-state index in [0.717, 1.165) is 31.5 Å². The van der Waals surface area contributed by atoms with Gasteiger partial charge in [0.05, 0.1) is 0 Å². The van der Waals surface area contributed by atoms with Crippen LogP contribution in [-0.2, 0) is 10.2 Å². The lowest BCUT2D eigenvalue weighted by molar-refractivity contribution is 0.253. The van der Waals surface area contributed by atoms with Gasteiger partial charge in [-0.25, -0.2) is 0 Å². The minimum Gasteiger partial charge on any atom is -0.317 e. The Balaban J connectivity index is 2.59. The van der Waals surface area contributed by atoms with Crippen molar-refractivity contribution in [2.75, 3.05) is 39.3 Å². The molecule has 0 spiro atoms. The first kappa shape index (κ1) is 17.6. The molecule has 1 rings (SSSR count). The van der Waals surface area contributed by atoms with Crippen LogP contribution in [0.3, 0.4) is 0 Å². The van der Waals surface area contributed by atoms with Crippen molar-refractivity contribution in [2.45, 2.75) is 33.6 Å². The summed E-state index contributed by atoms with van der Waals surface area (Å²) in [4.78, 5) is 0. The average Bonchev–Trinajstić information content (AvgIpc) is 2.42. The van der Waals surface area contributed by atoms with Gasteiger partial charge >= 0.3 is 0 Å². The summed E-state index contributed by atoms with van der Waals surface area (Å²) in [6.45, 7) is 13.8. The van der Waals surface area contributed by atoms with E-state index in [9.17, 15) is 8.42 Å². The number of hydrogen-bond donors (Lipinski definition) is 1. The highest BCUT2D eigenvalue weighted by Crippen LogP contribution is 2.21. The summed E-state index contributed by atoms with van der Waals surface area (Å²) in [6, 6.07) is 0. The van der Waals surface area contributed by atoms with Crippen molar-refractivity contribution in [1.29, 1.82) is 0 Å². The Morgan fingerprint density at radius 3 is 2.40 bits per heavy atom. The summed E-state index contributed by atoms with van der Waals surface area (Å²) >= 11 is 0. The number of piperidine rings is 1. The summed E-state index contributed by atoms with van der Waals surface area (Å²) in [5.41, 5.74) is 0.873. The number of nitrogens with zero attached hydrogens (tertiary/aromatic N) is 2. The second-order valence-corrected chi connectivity index (χ2v) is 7.47. The Hall–Kier alpha value is -0.430. The van der Waals surface area contributed by atoms with E-state index in [1.165, 1.54) is 4.31 Å². The van der Waals surface area contributed by atoms with Crippen molar-refractivity contribution >= 4 is 10.2 Å². The normalized spacial score (nSPS) is 18.6. The van der Waals surface area contributed by atoms with E-state index in [1.54, 1.807) is 4.31 Å². The molecule has 0 aliphatic carbocycles. The van der Waals surface area contributed by atoms with Crippen LogP contribution in [0.25, 0.3) is 0 Å². The minimum absolute atomic E-state index is 0.413. The van der Waals surface area contributed by atoms with E-state index in [1.807, 2.05) is 13.8 Å². The van der Waals surface area contributed by atoms with Gasteiger partial charge in [-0.15, -0.1) is 0 Å². The largest absolute Gasteiger partial charge is 0.317 e. The number of hydrogen-bond acceptors (Lipinski definition) is 3. The molecule has 0 bridgehead atoms. The highest BCUT2D eigenvalue weighted by molar-refractivity contribution is 7.86. The molecule has 0 amide bonds. The Morgan fingerprint density at radius 2 is 1.95 bits per heavy atom. The third-order valence-corrected chi connectivity index (χ3v) is 5.77. The molecule has 1 heterocycles. The maximum Gasteiger partial charge on any atom is 0.282 e. The molecule has 1 aliphatic rings. The molecule has 0 saturated carbocycles. The van der Waals surface area contributed by atoms with Gasteiger partial charge in [0.15, 0.2) is 0 Å². The van der Waals surface area contributed by atoms with Gasteiger partial charge in [0.2, 0.25) is 0 Å². The molecule has 0 unspecified atom stereocenters. The van der Waals surface area contributed by atoms with E-state index < -0.39 is 10.2 Å². The maximum atomic E-state index is 12.6. The van der Waals surface area contributed by atoms with E-state index in [2.05, 4.69) is 18.8 Å². The van der Waals surface area contributed by atoms with Gasteiger partial charge < -0.3 is 5.32 Å². The quantitative estimate of drug-likeness (QED) is 0.691. The highest BCUT2D eigenvalue weighted by atomic mass is 32.2. The van der Waals surface area contributed by atoms with Crippen LogP contribution in [-0.4, -0.2) is 56.3 Å². The van der Waals surface area contributed by atoms with Gasteiger partial charge in [-0.2, -0.15) is 17.0 Å². The fourth-order valence-corrected chi connectivity index (χ4v) is 4.22. The van der Waals surface area contributed by atoms with Crippen molar-refractivity contribution in [3.63, 3.8) is 0 Å². The lowest BCUT2D eigenvalue weighted by atomic mass is 9.98. The fourth-order valence-electron chi connectivity index (χ4n) is 2.51. The second kappa shape index (κ2) is 8.12. The molecule has 1 aliphatic heterocycles. The SMILES string of the molecule is C=C(C)CN(CC)S(=O)(=O)N1CCC(CNCC)CC1. The maximum absolute atomic E-state index is 12.6. The fraction of sp³-hybridized carbons (Fsp3) is 0.857. The smallest absolute Gasteiger partial charge is 0.282 e. The Morgan fingerprint density at radius 1 is 1.35 bits per heavy atom. The molecule has 0 aromatic heterocycles. The predicted octanol–water partition coefficient (Wildman–Crippen LogP) is 1.45. The van der Waals surface area contributed by atoms with Gasteiger partial charge in [0, 0.05) is 26.2 Å². The first-order chi connectivity index (χ1) is 9.41. The van der Waals surface area contributed by atoms with Crippen LogP contribution in [0, 0.1) is 5.92 Å². The van der Waals surface area contributed by atoms with Crippen LogP contribution >= 0.6 is 0 Å². The van der Waals surface area contributed by atoms with Crippen molar-refractivity contribution in [3.05, 3.63) is 12.2 Å². The number of rotatable bonds is 8. The number of nitrogens with one attached hydrogen (secondary N) is 1. The third kappa shape index (κ3) is 4.84. The summed E-state index contributed by atoms with van der Waals surface area (Å²) in [7, 11) is -3.33. The predicted molar refractivity (Wildman–Crippen MR) is 83.8 cm³/mol. The first-order valence-corrected chi connectivity index (χ1v) is 8.91. The lowest BCUT2D eigenvalue weighted by Crippen LogP contribution is -2.48. The zero-order valence-corrected chi connectivity index (χ0v) is 13.9. The monoisotopic (exact) mass is 303 g/mol. The molecular formula is C14H29N3O2S. The first-order valence-electron chi connectivity index (χ1n) is 7.52. The van der Waals surface area contributed by atoms with Crippen molar-refractivity contribution < 1.29 is 8.42 Å². The van der Waals surface area contributed by atoms with Crippen LogP contribution in [0.5, 0.6) is 0 Å². The van der Waals surface area contributed by atoms with Crippen molar-refractivity contribution in [2.24, 2.45) is 5.92 Å². The zero-order chi connectivity index (χ0) is 15.2. The zero-order valence-electron chi connectivity index (χ0n) is 13.1. The van der Waals surface area contributed by atoms with E-state index in [0.29, 0.717) is 32.1 Å². The van der Waals surface area contributed by atoms with Crippen LogP contribution in [0.2, 0.25) is 0 Å². The van der Waals surface area contributed by atoms with Gasteiger partial charge in [-0.05, 0) is 38.8 Å². The summed E-state index contributed by atoms with van der Waals surface area (Å²) in [6.07, 6.45) is 1.88. The van der Waals surface area contributed by atoms with Gasteiger partial charge in [-0.1, -0.05) is 26.0 Å². The molecule has 1 N–H and O–H groups in total. The topological polar surface area (TPSA) is 52.7 Å². The minimum atomic E-state index is -3.33. The van der Waals surface area contributed by atoms with Crippen LogP contribution in [0.15, 0.2) is 12.2 Å². The molecule has 20 heavy (non-hydrogen) atoms. The summed E-state index contributed by atoms with van der Waals surface area (Å²) in [5.74, 6) is 0.595. The standard InChI is InChI=1S/C14H29N3O2S/c1-5-15-11-14-7-9-17(10-8-14)20(18,19)16(6-2)12-13(3)4/h14-15H,3,5-12H2,1-2,4H3. The number of likely N-dealkylation sites (N-methyl/N-ethyl adjacent to an activating group) is 1. The Labute approximate surface area is 124 Å². The van der Waals surface area contributed by atoms with Gasteiger partial charge in [0.25, 0.3) is 10.2 Å². The molecule has 1 fully saturated rings. The second-order valence-electron chi connectivity index (χ2n) is 5.54. The third-order valence-electron chi connectivity index (χ3n) is 3.71. The molecule has 118 valence electrons. The highest BCUT2D eigenvalue weighted by Gasteiger charge is 2.31. The van der Waals surface area contributed by atoms with E-state index in [4.69, 9.17) is 0 Å². The average molecular weight is 303 g/mol. The summed E-state index contributed by atoms with van der Waals surface area (Å²) in [5, 5.41) is 3.34. The molecule has 6 heteroatoms. The van der Waals surface area contributed by atoms with Gasteiger partial charge in [-0.3, -0.25) is 0 Å². The molecule has 0 aromatic carbocycles. The van der Waals surface area contributed by atoms with Crippen molar-refractivity contribution in [1.82, 2.24) is 13.9 Å². The van der Waals surface area contributed by atoms with Crippen molar-refractivity contribution in [3.8, 4) is 0 Å². The molecule has 0 radical (unpaired) electrons. The summed E-state index contributed by atoms with van der Waals surface area (Å²) < 4.78 is 28.3. The van der Waals surface area contributed by atoms with E-state index >= 15 is 0 Å². The van der Waals surface area contributed by atoms with Crippen LogP contribution in [0.1, 0.15) is 33.6 Å². The van der Waals surface area contributed by atoms with E-state index in [-0.39, 0.29) is 0 Å². The van der Waals surface area contributed by atoms with Gasteiger partial charge in [0.1, 0.15) is 0 Å². The molecule has 5 nitrogen and oxygen atoms in total. The Kier molecular flexibility index (Phi) is 7.15. The van der Waals surface area contributed by atoms with Crippen LogP contribution in [0.4, 0.5) is 0 Å². The van der Waals surface area contributed by atoms with Crippen LogP contribution < -0.4 is 5.32 Å². The molecular weight excluding hydrogens is 274 g/mol. The molecule has 0 atom stereocenters.